The number of hydrogen-bond donors (Lipinski definition) is 2. The summed E-state index contributed by atoms with van der Waals surface area (Å²) >= 11 is 5.85. The van der Waals surface area contributed by atoms with E-state index in [1.54, 1.807) is 61.5 Å². The molecule has 3 aromatic rings. The van der Waals surface area contributed by atoms with Crippen molar-refractivity contribution in [3.05, 3.63) is 76.6 Å². The second kappa shape index (κ2) is 8.49. The molecule has 3 rings (SSSR count). The van der Waals surface area contributed by atoms with Crippen molar-refractivity contribution in [2.24, 2.45) is 0 Å². The fourth-order valence-electron chi connectivity index (χ4n) is 2.44. The summed E-state index contributed by atoms with van der Waals surface area (Å²) in [6, 6.07) is 15.1. The summed E-state index contributed by atoms with van der Waals surface area (Å²) in [6.07, 6.45) is 0. The van der Waals surface area contributed by atoms with Gasteiger partial charge >= 0.3 is 5.97 Å². The smallest absolute Gasteiger partial charge is 0.337 e. The van der Waals surface area contributed by atoms with E-state index in [0.717, 1.165) is 0 Å². The average Bonchev–Trinajstić information content (AvgIpc) is 2.69. The second-order valence-electron chi connectivity index (χ2n) is 5.88. The molecule has 0 aliphatic heterocycles. The van der Waals surface area contributed by atoms with Crippen molar-refractivity contribution in [2.75, 3.05) is 17.7 Å². The molecule has 0 radical (unpaired) electrons. The van der Waals surface area contributed by atoms with Crippen LogP contribution in [-0.4, -0.2) is 29.0 Å². The zero-order valence-electron chi connectivity index (χ0n) is 15.2. The van der Waals surface area contributed by atoms with Gasteiger partial charge in [0.2, 0.25) is 5.95 Å². The van der Waals surface area contributed by atoms with Gasteiger partial charge in [0.15, 0.2) is 0 Å². The van der Waals surface area contributed by atoms with Crippen LogP contribution in [0.5, 0.6) is 0 Å². The van der Waals surface area contributed by atoms with E-state index in [9.17, 15) is 9.59 Å². The number of anilines is 3. The lowest BCUT2D eigenvalue weighted by Gasteiger charge is -2.10. The highest BCUT2D eigenvalue weighted by Gasteiger charge is 2.12. The molecule has 142 valence electrons. The number of benzene rings is 2. The fraction of sp³-hybridized carbons (Fsp3) is 0.100. The molecule has 0 aliphatic rings. The Hall–Kier alpha value is -3.45. The Labute approximate surface area is 166 Å². The van der Waals surface area contributed by atoms with Gasteiger partial charge in [-0.1, -0.05) is 17.7 Å². The molecule has 0 saturated heterocycles. The number of ether oxygens (including phenoxy) is 1. The minimum atomic E-state index is -0.447. The highest BCUT2D eigenvalue weighted by molar-refractivity contribution is 6.30. The van der Waals surface area contributed by atoms with Crippen LogP contribution in [0.15, 0.2) is 54.6 Å². The summed E-state index contributed by atoms with van der Waals surface area (Å²) in [5.74, 6) is -0.584. The molecule has 0 saturated carbocycles. The minimum Gasteiger partial charge on any atom is -0.465 e. The maximum Gasteiger partial charge on any atom is 0.337 e. The molecule has 2 N–H and O–H groups in total. The lowest BCUT2D eigenvalue weighted by molar-refractivity contribution is 0.0600. The number of methoxy groups -OCH3 is 1. The first kappa shape index (κ1) is 19.3. The monoisotopic (exact) mass is 396 g/mol. The van der Waals surface area contributed by atoms with Gasteiger partial charge in [0.05, 0.1) is 12.7 Å². The molecule has 28 heavy (non-hydrogen) atoms. The van der Waals surface area contributed by atoms with Crippen molar-refractivity contribution in [2.45, 2.75) is 6.92 Å². The molecule has 1 aromatic heterocycles. The molecule has 7 nitrogen and oxygen atoms in total. The summed E-state index contributed by atoms with van der Waals surface area (Å²) in [5.41, 5.74) is 2.40. The number of esters is 1. The first-order valence-corrected chi connectivity index (χ1v) is 8.70. The lowest BCUT2D eigenvalue weighted by atomic mass is 10.2. The third kappa shape index (κ3) is 4.83. The summed E-state index contributed by atoms with van der Waals surface area (Å²) in [6.45, 7) is 1.76. The van der Waals surface area contributed by atoms with E-state index < -0.39 is 5.97 Å². The SMILES string of the molecule is COC(=O)c1cccc(Nc2nc(C)cc(C(=O)Nc3ccc(Cl)cc3)n2)c1. The number of carbonyl (C=O) groups excluding carboxylic acids is 2. The van der Waals surface area contributed by atoms with Gasteiger partial charge in [0.1, 0.15) is 5.69 Å². The predicted molar refractivity (Wildman–Crippen MR) is 107 cm³/mol. The Morgan fingerprint density at radius 2 is 1.75 bits per heavy atom. The van der Waals surface area contributed by atoms with Crippen molar-refractivity contribution < 1.29 is 14.3 Å². The van der Waals surface area contributed by atoms with Crippen LogP contribution < -0.4 is 10.6 Å². The topological polar surface area (TPSA) is 93.2 Å². The van der Waals surface area contributed by atoms with Crippen LogP contribution in [0.4, 0.5) is 17.3 Å². The zero-order valence-corrected chi connectivity index (χ0v) is 15.9. The number of aromatic nitrogens is 2. The zero-order chi connectivity index (χ0) is 20.1. The number of hydrogen-bond acceptors (Lipinski definition) is 6. The van der Waals surface area contributed by atoms with Crippen LogP contribution >= 0.6 is 11.6 Å². The number of amides is 1. The summed E-state index contributed by atoms with van der Waals surface area (Å²) in [4.78, 5) is 32.7. The highest BCUT2D eigenvalue weighted by atomic mass is 35.5. The van der Waals surface area contributed by atoms with E-state index in [-0.39, 0.29) is 17.5 Å². The molecule has 2 aromatic carbocycles. The van der Waals surface area contributed by atoms with Crippen LogP contribution in [0.2, 0.25) is 5.02 Å². The summed E-state index contributed by atoms with van der Waals surface area (Å²) < 4.78 is 4.72. The Morgan fingerprint density at radius 1 is 1.00 bits per heavy atom. The number of halogens is 1. The first-order valence-electron chi connectivity index (χ1n) is 8.32. The van der Waals surface area contributed by atoms with Crippen molar-refractivity contribution in [3.8, 4) is 0 Å². The molecule has 1 heterocycles. The van der Waals surface area contributed by atoms with Crippen LogP contribution in [0.3, 0.4) is 0 Å². The molecule has 0 atom stereocenters. The average molecular weight is 397 g/mol. The molecule has 0 aliphatic carbocycles. The van der Waals surface area contributed by atoms with Crippen LogP contribution in [0, 0.1) is 6.92 Å². The van der Waals surface area contributed by atoms with Gasteiger partial charge in [-0.25, -0.2) is 14.8 Å². The van der Waals surface area contributed by atoms with Gasteiger partial charge in [-0.2, -0.15) is 0 Å². The van der Waals surface area contributed by atoms with Gasteiger partial charge in [-0.3, -0.25) is 4.79 Å². The third-order valence-corrected chi connectivity index (χ3v) is 3.98. The van der Waals surface area contributed by atoms with Crippen molar-refractivity contribution in [1.29, 1.82) is 0 Å². The van der Waals surface area contributed by atoms with Crippen molar-refractivity contribution in [3.63, 3.8) is 0 Å². The standard InChI is InChI=1S/C20H17ClN4O3/c1-12-10-17(18(26)23-15-8-6-14(21)7-9-15)25-20(22-12)24-16-5-3-4-13(11-16)19(27)28-2/h3-11H,1-2H3,(H,23,26)(H,22,24,25). The summed E-state index contributed by atoms with van der Waals surface area (Å²) in [7, 11) is 1.32. The van der Waals surface area contributed by atoms with Gasteiger partial charge in [0, 0.05) is 22.1 Å². The van der Waals surface area contributed by atoms with E-state index in [4.69, 9.17) is 16.3 Å². The lowest BCUT2D eigenvalue weighted by Crippen LogP contribution is -2.15. The van der Waals surface area contributed by atoms with Crippen molar-refractivity contribution in [1.82, 2.24) is 9.97 Å². The van der Waals surface area contributed by atoms with E-state index in [2.05, 4.69) is 20.6 Å². The first-order chi connectivity index (χ1) is 13.4. The Morgan fingerprint density at radius 3 is 2.46 bits per heavy atom. The van der Waals surface area contributed by atoms with Gasteiger partial charge in [-0.15, -0.1) is 0 Å². The number of nitrogens with one attached hydrogen (secondary N) is 2. The van der Waals surface area contributed by atoms with Crippen LogP contribution in [0.1, 0.15) is 26.5 Å². The maximum absolute atomic E-state index is 12.5. The van der Waals surface area contributed by atoms with Gasteiger partial charge in [-0.05, 0) is 55.5 Å². The van der Waals surface area contributed by atoms with Crippen LogP contribution in [0.25, 0.3) is 0 Å². The van der Waals surface area contributed by atoms with E-state index >= 15 is 0 Å². The molecule has 0 spiro atoms. The van der Waals surface area contributed by atoms with Crippen LogP contribution in [-0.2, 0) is 4.74 Å². The molecular weight excluding hydrogens is 380 g/mol. The van der Waals surface area contributed by atoms with Gasteiger partial charge in [0.25, 0.3) is 5.91 Å². The minimum absolute atomic E-state index is 0.203. The largest absolute Gasteiger partial charge is 0.465 e. The quantitative estimate of drug-likeness (QED) is 0.627. The Bertz CT molecular complexity index is 1020. The molecule has 0 bridgehead atoms. The van der Waals surface area contributed by atoms with E-state index in [1.165, 1.54) is 7.11 Å². The second-order valence-corrected chi connectivity index (χ2v) is 6.31. The molecular formula is C20H17ClN4O3. The molecule has 1 amide bonds. The number of nitrogens with zero attached hydrogens (tertiary/aromatic N) is 2. The fourth-order valence-corrected chi connectivity index (χ4v) is 2.57. The normalized spacial score (nSPS) is 10.2. The number of rotatable bonds is 5. The highest BCUT2D eigenvalue weighted by Crippen LogP contribution is 2.18. The predicted octanol–water partition coefficient (Wildman–Crippen LogP) is 4.22. The Kier molecular flexibility index (Phi) is 5.86. The maximum atomic E-state index is 12.5. The van der Waals surface area contributed by atoms with Crippen molar-refractivity contribution >= 4 is 40.8 Å². The molecule has 8 heteroatoms. The van der Waals surface area contributed by atoms with E-state index in [1.807, 2.05) is 0 Å². The number of carbonyl (C=O) groups is 2. The summed E-state index contributed by atoms with van der Waals surface area (Å²) in [5, 5.41) is 6.34. The van der Waals surface area contributed by atoms with Gasteiger partial charge < -0.3 is 15.4 Å². The molecule has 0 unspecified atom stereocenters. The molecule has 0 fully saturated rings. The Balaban J connectivity index is 1.80. The number of aryl methyl sites for hydroxylation is 1. The third-order valence-electron chi connectivity index (χ3n) is 3.73. The van der Waals surface area contributed by atoms with E-state index in [0.29, 0.717) is 27.7 Å².